The van der Waals surface area contributed by atoms with Crippen molar-refractivity contribution in [3.05, 3.63) is 24.5 Å². The largest absolute Gasteiger partial charge is 0.476 e. The Morgan fingerprint density at radius 1 is 1.53 bits per heavy atom. The Morgan fingerprint density at radius 2 is 2.32 bits per heavy atom. The SMILES string of the molecule is C=CCCOCCNC(=O)Cn1cc(C(=O)O)nn1. The van der Waals surface area contributed by atoms with Gasteiger partial charge in [-0.15, -0.1) is 11.7 Å². The summed E-state index contributed by atoms with van der Waals surface area (Å²) in [5.74, 6) is -1.46. The van der Waals surface area contributed by atoms with Crippen LogP contribution in [0.5, 0.6) is 0 Å². The quantitative estimate of drug-likeness (QED) is 0.470. The number of carboxylic acid groups (broad SMARTS) is 1. The van der Waals surface area contributed by atoms with E-state index in [1.807, 2.05) is 0 Å². The molecule has 0 spiro atoms. The van der Waals surface area contributed by atoms with Crippen LogP contribution in [0.4, 0.5) is 0 Å². The van der Waals surface area contributed by atoms with Crippen LogP contribution in [0, 0.1) is 0 Å². The summed E-state index contributed by atoms with van der Waals surface area (Å²) in [6.07, 6.45) is 3.72. The lowest BCUT2D eigenvalue weighted by molar-refractivity contribution is -0.122. The molecule has 0 aromatic carbocycles. The smallest absolute Gasteiger partial charge is 0.358 e. The molecule has 0 aliphatic carbocycles. The zero-order valence-electron chi connectivity index (χ0n) is 10.4. The monoisotopic (exact) mass is 268 g/mol. The van der Waals surface area contributed by atoms with Crippen LogP contribution in [0.15, 0.2) is 18.9 Å². The van der Waals surface area contributed by atoms with E-state index in [4.69, 9.17) is 9.84 Å². The molecule has 0 fully saturated rings. The average Bonchev–Trinajstić information content (AvgIpc) is 2.82. The van der Waals surface area contributed by atoms with Crippen molar-refractivity contribution < 1.29 is 19.4 Å². The van der Waals surface area contributed by atoms with Crippen LogP contribution in [0.1, 0.15) is 16.9 Å². The number of carbonyl (C=O) groups excluding carboxylic acids is 1. The molecule has 8 heteroatoms. The Bertz CT molecular complexity index is 444. The number of ether oxygens (including phenoxy) is 1. The van der Waals surface area contributed by atoms with Gasteiger partial charge in [0.05, 0.1) is 19.4 Å². The topological polar surface area (TPSA) is 106 Å². The lowest BCUT2D eigenvalue weighted by Gasteiger charge is -2.05. The minimum Gasteiger partial charge on any atom is -0.476 e. The van der Waals surface area contributed by atoms with Crippen LogP contribution in [-0.2, 0) is 16.1 Å². The van der Waals surface area contributed by atoms with Gasteiger partial charge < -0.3 is 15.2 Å². The first kappa shape index (κ1) is 14.8. The number of nitrogens with zero attached hydrogens (tertiary/aromatic N) is 3. The Labute approximate surface area is 110 Å². The molecule has 0 atom stereocenters. The van der Waals surface area contributed by atoms with Crippen LogP contribution in [-0.4, -0.2) is 51.7 Å². The second-order valence-electron chi connectivity index (χ2n) is 3.65. The second-order valence-corrected chi connectivity index (χ2v) is 3.65. The Balaban J connectivity index is 2.19. The molecule has 0 saturated carbocycles. The molecule has 1 aromatic rings. The molecule has 0 bridgehead atoms. The summed E-state index contributed by atoms with van der Waals surface area (Å²) in [6.45, 7) is 4.86. The highest BCUT2D eigenvalue weighted by molar-refractivity contribution is 5.84. The van der Waals surface area contributed by atoms with Gasteiger partial charge in [-0.3, -0.25) is 4.79 Å². The zero-order valence-corrected chi connectivity index (χ0v) is 10.4. The third kappa shape index (κ3) is 5.77. The zero-order chi connectivity index (χ0) is 14.1. The Hall–Kier alpha value is -2.22. The lowest BCUT2D eigenvalue weighted by atomic mass is 10.4. The third-order valence-electron chi connectivity index (χ3n) is 2.10. The van der Waals surface area contributed by atoms with Crippen LogP contribution in [0.25, 0.3) is 0 Å². The molecule has 0 aliphatic rings. The van der Waals surface area contributed by atoms with Gasteiger partial charge in [0.15, 0.2) is 5.69 Å². The number of carboxylic acids is 1. The van der Waals surface area contributed by atoms with Gasteiger partial charge in [0.2, 0.25) is 5.91 Å². The maximum atomic E-state index is 11.5. The van der Waals surface area contributed by atoms with Crippen molar-refractivity contribution in [3.8, 4) is 0 Å². The predicted molar refractivity (Wildman–Crippen MR) is 65.6 cm³/mol. The number of rotatable bonds is 9. The number of aromatic carboxylic acids is 1. The van der Waals surface area contributed by atoms with Crippen LogP contribution >= 0.6 is 0 Å². The van der Waals surface area contributed by atoms with E-state index in [9.17, 15) is 9.59 Å². The summed E-state index contributed by atoms with van der Waals surface area (Å²) in [5.41, 5.74) is -0.194. The van der Waals surface area contributed by atoms with E-state index in [2.05, 4.69) is 22.2 Å². The molecule has 19 heavy (non-hydrogen) atoms. The van der Waals surface area contributed by atoms with Crippen molar-refractivity contribution in [1.82, 2.24) is 20.3 Å². The van der Waals surface area contributed by atoms with Gasteiger partial charge in [-0.2, -0.15) is 0 Å². The number of hydrogen-bond donors (Lipinski definition) is 2. The van der Waals surface area contributed by atoms with Gasteiger partial charge in [0.25, 0.3) is 0 Å². The minimum absolute atomic E-state index is 0.0765. The number of carbonyl (C=O) groups is 2. The van der Waals surface area contributed by atoms with Gasteiger partial charge in [0, 0.05) is 6.54 Å². The molecule has 0 saturated heterocycles. The fourth-order valence-corrected chi connectivity index (χ4v) is 1.21. The molecule has 8 nitrogen and oxygen atoms in total. The first-order valence-electron chi connectivity index (χ1n) is 5.72. The fourth-order valence-electron chi connectivity index (χ4n) is 1.21. The van der Waals surface area contributed by atoms with Crippen molar-refractivity contribution in [3.63, 3.8) is 0 Å². The van der Waals surface area contributed by atoms with E-state index in [0.29, 0.717) is 19.8 Å². The lowest BCUT2D eigenvalue weighted by Crippen LogP contribution is -2.30. The predicted octanol–water partition coefficient (Wildman–Crippen LogP) is -0.315. The molecule has 0 unspecified atom stereocenters. The first-order chi connectivity index (χ1) is 9.13. The molecule has 0 aliphatic heterocycles. The van der Waals surface area contributed by atoms with Crippen molar-refractivity contribution in [2.45, 2.75) is 13.0 Å². The van der Waals surface area contributed by atoms with Crippen LogP contribution in [0.2, 0.25) is 0 Å². The average molecular weight is 268 g/mol. The minimum atomic E-state index is -1.18. The molecule has 2 N–H and O–H groups in total. The van der Waals surface area contributed by atoms with E-state index >= 15 is 0 Å². The Morgan fingerprint density at radius 3 is 2.95 bits per heavy atom. The van der Waals surface area contributed by atoms with Crippen LogP contribution in [0.3, 0.4) is 0 Å². The summed E-state index contributed by atoms with van der Waals surface area (Å²) in [7, 11) is 0. The fraction of sp³-hybridized carbons (Fsp3) is 0.455. The van der Waals surface area contributed by atoms with Gasteiger partial charge in [-0.05, 0) is 6.42 Å². The molecule has 1 aromatic heterocycles. The van der Waals surface area contributed by atoms with Gasteiger partial charge in [-0.1, -0.05) is 11.3 Å². The second kappa shape index (κ2) is 7.98. The van der Waals surface area contributed by atoms with Crippen molar-refractivity contribution in [1.29, 1.82) is 0 Å². The highest BCUT2D eigenvalue weighted by Crippen LogP contribution is 1.92. The summed E-state index contributed by atoms with van der Waals surface area (Å²) in [6, 6.07) is 0. The summed E-state index contributed by atoms with van der Waals surface area (Å²) < 4.78 is 6.38. The summed E-state index contributed by atoms with van der Waals surface area (Å²) in [5, 5.41) is 18.2. The van der Waals surface area contributed by atoms with Gasteiger partial charge >= 0.3 is 5.97 Å². The molecular weight excluding hydrogens is 252 g/mol. The van der Waals surface area contributed by atoms with Gasteiger partial charge in [-0.25, -0.2) is 9.48 Å². The van der Waals surface area contributed by atoms with Crippen molar-refractivity contribution in [2.24, 2.45) is 0 Å². The number of nitrogens with one attached hydrogen (secondary N) is 1. The van der Waals surface area contributed by atoms with Crippen molar-refractivity contribution >= 4 is 11.9 Å². The highest BCUT2D eigenvalue weighted by atomic mass is 16.5. The molecule has 1 heterocycles. The number of amides is 1. The number of aromatic nitrogens is 3. The highest BCUT2D eigenvalue weighted by Gasteiger charge is 2.10. The van der Waals surface area contributed by atoms with E-state index < -0.39 is 5.97 Å². The molecule has 1 rings (SSSR count). The molecule has 1 amide bonds. The van der Waals surface area contributed by atoms with E-state index in [0.717, 1.165) is 11.1 Å². The maximum Gasteiger partial charge on any atom is 0.358 e. The van der Waals surface area contributed by atoms with E-state index in [1.165, 1.54) is 6.20 Å². The Kier molecular flexibility index (Phi) is 6.23. The normalized spacial score (nSPS) is 10.1. The van der Waals surface area contributed by atoms with Crippen LogP contribution < -0.4 is 5.32 Å². The van der Waals surface area contributed by atoms with Gasteiger partial charge in [0.1, 0.15) is 6.54 Å². The number of hydrogen-bond acceptors (Lipinski definition) is 5. The maximum absolute atomic E-state index is 11.5. The standard InChI is InChI=1S/C11H16N4O4/c1-2-3-5-19-6-4-12-10(16)8-15-7-9(11(17)18)13-14-15/h2,7H,1,3-6,8H2,(H,12,16)(H,17,18). The summed E-state index contributed by atoms with van der Waals surface area (Å²) >= 11 is 0. The third-order valence-corrected chi connectivity index (χ3v) is 2.10. The molecule has 0 radical (unpaired) electrons. The van der Waals surface area contributed by atoms with E-state index in [-0.39, 0.29) is 18.1 Å². The molecular formula is C11H16N4O4. The van der Waals surface area contributed by atoms with E-state index in [1.54, 1.807) is 6.08 Å². The van der Waals surface area contributed by atoms with Crippen molar-refractivity contribution in [2.75, 3.05) is 19.8 Å². The summed E-state index contributed by atoms with van der Waals surface area (Å²) in [4.78, 5) is 22.0. The molecule has 104 valence electrons. The first-order valence-corrected chi connectivity index (χ1v) is 5.72.